The predicted molar refractivity (Wildman–Crippen MR) is 87.6 cm³/mol. The molecule has 6 heteroatoms. The lowest BCUT2D eigenvalue weighted by Gasteiger charge is -2.28. The first kappa shape index (κ1) is 17.5. The molecule has 132 valence electrons. The third kappa shape index (κ3) is 3.55. The summed E-state index contributed by atoms with van der Waals surface area (Å²) < 4.78 is 33.1. The summed E-state index contributed by atoms with van der Waals surface area (Å²) in [7, 11) is 1.42. The Morgan fingerprint density at radius 3 is 2.64 bits per heavy atom. The van der Waals surface area contributed by atoms with Crippen LogP contribution in [0.15, 0.2) is 48.5 Å². The fourth-order valence-electron chi connectivity index (χ4n) is 3.28. The zero-order valence-corrected chi connectivity index (χ0v) is 13.7. The molecule has 1 saturated heterocycles. The number of rotatable bonds is 4. The summed E-state index contributed by atoms with van der Waals surface area (Å²) in [5.74, 6) is -1.58. The van der Waals surface area contributed by atoms with Crippen LogP contribution in [-0.2, 0) is 9.53 Å². The number of amides is 1. The Kier molecular flexibility index (Phi) is 5.11. The summed E-state index contributed by atoms with van der Waals surface area (Å²) in [6.45, 7) is 0.0478. The van der Waals surface area contributed by atoms with Gasteiger partial charge in [0.2, 0.25) is 0 Å². The number of β-amino-alcohol motifs (C(OH)–C–C–N with tert-alkyl or cyclic N) is 1. The molecule has 1 heterocycles. The van der Waals surface area contributed by atoms with Gasteiger partial charge in [0.25, 0.3) is 5.91 Å². The number of hydrogen-bond acceptors (Lipinski definition) is 3. The van der Waals surface area contributed by atoms with Crippen LogP contribution in [0.3, 0.4) is 0 Å². The van der Waals surface area contributed by atoms with Gasteiger partial charge in [0, 0.05) is 19.2 Å². The van der Waals surface area contributed by atoms with E-state index in [1.807, 2.05) is 6.07 Å². The van der Waals surface area contributed by atoms with Gasteiger partial charge in [-0.2, -0.15) is 0 Å². The Balaban J connectivity index is 1.93. The first-order chi connectivity index (χ1) is 12.0. The van der Waals surface area contributed by atoms with Gasteiger partial charge in [-0.3, -0.25) is 4.79 Å². The Labute approximate surface area is 144 Å². The van der Waals surface area contributed by atoms with E-state index >= 15 is 0 Å². The average molecular weight is 347 g/mol. The second-order valence-electron chi connectivity index (χ2n) is 6.09. The highest BCUT2D eigenvalue weighted by Crippen LogP contribution is 2.36. The van der Waals surface area contributed by atoms with Crippen molar-refractivity contribution in [2.45, 2.75) is 24.7 Å². The number of halogens is 2. The van der Waals surface area contributed by atoms with Crippen molar-refractivity contribution in [1.29, 1.82) is 0 Å². The molecule has 3 rings (SSSR count). The number of aliphatic hydroxyl groups excluding tert-OH is 1. The van der Waals surface area contributed by atoms with Gasteiger partial charge in [0.05, 0.1) is 12.1 Å². The van der Waals surface area contributed by atoms with Gasteiger partial charge in [-0.05, 0) is 30.2 Å². The minimum absolute atomic E-state index is 0.0478. The first-order valence-corrected chi connectivity index (χ1v) is 8.02. The average Bonchev–Trinajstić information content (AvgIpc) is 3.00. The standard InChI is InChI=1S/C19H19F2NO3/c1-25-18(12-5-3-2-4-6-12)19(24)22-11-14(23)10-17(22)15-9-13(20)7-8-16(15)21/h2-9,14,17-18,23H,10-11H2,1H3/t14-,17-,18+/m1/s1. The molecule has 1 fully saturated rings. The zero-order chi connectivity index (χ0) is 18.0. The van der Waals surface area contributed by atoms with Gasteiger partial charge >= 0.3 is 0 Å². The van der Waals surface area contributed by atoms with Crippen molar-refractivity contribution < 1.29 is 23.4 Å². The minimum Gasteiger partial charge on any atom is -0.391 e. The number of likely N-dealkylation sites (tertiary alicyclic amines) is 1. The van der Waals surface area contributed by atoms with Gasteiger partial charge in [-0.25, -0.2) is 8.78 Å². The van der Waals surface area contributed by atoms with Gasteiger partial charge in [-0.15, -0.1) is 0 Å². The van der Waals surface area contributed by atoms with E-state index in [2.05, 4.69) is 0 Å². The van der Waals surface area contributed by atoms with Crippen molar-refractivity contribution in [3.63, 3.8) is 0 Å². The van der Waals surface area contributed by atoms with Crippen molar-refractivity contribution in [3.05, 3.63) is 71.3 Å². The molecule has 1 amide bonds. The molecular weight excluding hydrogens is 328 g/mol. The van der Waals surface area contributed by atoms with Crippen molar-refractivity contribution in [3.8, 4) is 0 Å². The molecule has 25 heavy (non-hydrogen) atoms. The number of nitrogens with zero attached hydrogens (tertiary/aromatic N) is 1. The number of ether oxygens (including phenoxy) is 1. The van der Waals surface area contributed by atoms with Crippen LogP contribution >= 0.6 is 0 Å². The van der Waals surface area contributed by atoms with Gasteiger partial charge in [0.15, 0.2) is 6.10 Å². The monoisotopic (exact) mass is 347 g/mol. The predicted octanol–water partition coefficient (Wildman–Crippen LogP) is 2.99. The van der Waals surface area contributed by atoms with E-state index in [1.54, 1.807) is 24.3 Å². The van der Waals surface area contributed by atoms with E-state index in [-0.39, 0.29) is 24.4 Å². The molecule has 1 aliphatic heterocycles. The number of methoxy groups -OCH3 is 1. The topological polar surface area (TPSA) is 49.8 Å². The van der Waals surface area contributed by atoms with Crippen molar-refractivity contribution in [1.82, 2.24) is 4.90 Å². The lowest BCUT2D eigenvalue weighted by molar-refractivity contribution is -0.143. The van der Waals surface area contributed by atoms with E-state index < -0.39 is 29.9 Å². The van der Waals surface area contributed by atoms with Crippen LogP contribution in [0.2, 0.25) is 0 Å². The Hall–Kier alpha value is -2.31. The Morgan fingerprint density at radius 2 is 1.96 bits per heavy atom. The van der Waals surface area contributed by atoms with Crippen LogP contribution in [0.5, 0.6) is 0 Å². The summed E-state index contributed by atoms with van der Waals surface area (Å²) in [4.78, 5) is 14.3. The molecule has 0 saturated carbocycles. The summed E-state index contributed by atoms with van der Waals surface area (Å²) in [5, 5.41) is 10.0. The molecule has 0 bridgehead atoms. The zero-order valence-electron chi connectivity index (χ0n) is 13.7. The van der Waals surface area contributed by atoms with Crippen LogP contribution in [0.25, 0.3) is 0 Å². The normalized spacial score (nSPS) is 21.4. The maximum absolute atomic E-state index is 14.2. The molecule has 1 N–H and O–H groups in total. The fraction of sp³-hybridized carbons (Fsp3) is 0.316. The van der Waals surface area contributed by atoms with Crippen LogP contribution in [0, 0.1) is 11.6 Å². The summed E-state index contributed by atoms with van der Waals surface area (Å²) in [5.41, 5.74) is 0.725. The van der Waals surface area contributed by atoms with E-state index in [1.165, 1.54) is 12.0 Å². The minimum atomic E-state index is -0.870. The highest BCUT2D eigenvalue weighted by Gasteiger charge is 2.39. The third-order valence-electron chi connectivity index (χ3n) is 4.44. The van der Waals surface area contributed by atoms with Gasteiger partial charge in [-0.1, -0.05) is 30.3 Å². The molecule has 0 unspecified atom stereocenters. The molecular formula is C19H19F2NO3. The van der Waals surface area contributed by atoms with E-state index in [9.17, 15) is 18.7 Å². The maximum atomic E-state index is 14.2. The molecule has 3 atom stereocenters. The lowest BCUT2D eigenvalue weighted by Crippen LogP contribution is -2.36. The van der Waals surface area contributed by atoms with Crippen LogP contribution in [0.4, 0.5) is 8.78 Å². The lowest BCUT2D eigenvalue weighted by atomic mass is 10.0. The van der Waals surface area contributed by atoms with Crippen LogP contribution in [0.1, 0.15) is 29.7 Å². The van der Waals surface area contributed by atoms with E-state index in [4.69, 9.17) is 4.74 Å². The van der Waals surface area contributed by atoms with E-state index in [0.29, 0.717) is 5.56 Å². The number of carbonyl (C=O) groups is 1. The second kappa shape index (κ2) is 7.29. The quantitative estimate of drug-likeness (QED) is 0.925. The molecule has 0 spiro atoms. The SMILES string of the molecule is CO[C@H](C(=O)N1C[C@H](O)C[C@@H]1c1cc(F)ccc1F)c1ccccc1. The molecule has 0 aromatic heterocycles. The summed E-state index contributed by atoms with van der Waals surface area (Å²) in [6.07, 6.45) is -1.52. The van der Waals surface area contributed by atoms with Crippen molar-refractivity contribution in [2.24, 2.45) is 0 Å². The highest BCUT2D eigenvalue weighted by molar-refractivity contribution is 5.83. The number of benzene rings is 2. The Morgan fingerprint density at radius 1 is 1.24 bits per heavy atom. The number of aliphatic hydroxyl groups is 1. The molecule has 4 nitrogen and oxygen atoms in total. The van der Waals surface area contributed by atoms with Crippen molar-refractivity contribution in [2.75, 3.05) is 13.7 Å². The molecule has 0 radical (unpaired) electrons. The van der Waals surface area contributed by atoms with Gasteiger partial charge in [0.1, 0.15) is 11.6 Å². The fourth-order valence-corrected chi connectivity index (χ4v) is 3.28. The molecule has 1 aliphatic rings. The van der Waals surface area contributed by atoms with Crippen molar-refractivity contribution >= 4 is 5.91 Å². The van der Waals surface area contributed by atoms with Gasteiger partial charge < -0.3 is 14.7 Å². The highest BCUT2D eigenvalue weighted by atomic mass is 19.1. The van der Waals surface area contributed by atoms with Crippen LogP contribution < -0.4 is 0 Å². The second-order valence-corrected chi connectivity index (χ2v) is 6.09. The summed E-state index contributed by atoms with van der Waals surface area (Å²) in [6, 6.07) is 11.3. The van der Waals surface area contributed by atoms with Crippen LogP contribution in [-0.4, -0.2) is 35.7 Å². The summed E-state index contributed by atoms with van der Waals surface area (Å²) >= 11 is 0. The smallest absolute Gasteiger partial charge is 0.256 e. The third-order valence-corrected chi connectivity index (χ3v) is 4.44. The Bertz CT molecular complexity index is 754. The maximum Gasteiger partial charge on any atom is 0.256 e. The van der Waals surface area contributed by atoms with E-state index in [0.717, 1.165) is 18.2 Å². The largest absolute Gasteiger partial charge is 0.391 e. The number of carbonyl (C=O) groups excluding carboxylic acids is 1. The molecule has 2 aromatic rings. The molecule has 2 aromatic carbocycles. The first-order valence-electron chi connectivity index (χ1n) is 8.02. The molecule has 0 aliphatic carbocycles. The number of hydrogen-bond donors (Lipinski definition) is 1.